The van der Waals surface area contributed by atoms with E-state index in [-0.39, 0.29) is 0 Å². The summed E-state index contributed by atoms with van der Waals surface area (Å²) in [6.07, 6.45) is 5.78. The van der Waals surface area contributed by atoms with Crippen molar-refractivity contribution in [1.29, 1.82) is 0 Å². The first kappa shape index (κ1) is 20.7. The molecular weight excluding hydrogens is 360 g/mol. The summed E-state index contributed by atoms with van der Waals surface area (Å²) in [7, 11) is 0. The van der Waals surface area contributed by atoms with Gasteiger partial charge in [0, 0.05) is 0 Å². The van der Waals surface area contributed by atoms with Crippen molar-refractivity contribution in [3.63, 3.8) is 0 Å². The van der Waals surface area contributed by atoms with Gasteiger partial charge in [0.25, 0.3) is 0 Å². The molecule has 0 saturated carbocycles. The minimum absolute atomic E-state index is 0.532. The summed E-state index contributed by atoms with van der Waals surface area (Å²) in [5, 5.41) is 0. The zero-order valence-electron chi connectivity index (χ0n) is 19.1. The average Bonchev–Trinajstić information content (AvgIpc) is 3.18. The predicted molar refractivity (Wildman–Crippen MR) is 132 cm³/mol. The minimum atomic E-state index is 0.532. The Labute approximate surface area is 182 Å². The summed E-state index contributed by atoms with van der Waals surface area (Å²) in [6, 6.07) is 22.9. The van der Waals surface area contributed by atoms with Crippen LogP contribution >= 0.6 is 0 Å². The van der Waals surface area contributed by atoms with Gasteiger partial charge in [-0.15, -0.1) is 0 Å². The van der Waals surface area contributed by atoms with Crippen LogP contribution in [0.1, 0.15) is 86.3 Å². The molecule has 0 unspecified atom stereocenters. The molecule has 0 spiro atoms. The number of hydrogen-bond donors (Lipinski definition) is 0. The zero-order valence-corrected chi connectivity index (χ0v) is 19.1. The van der Waals surface area contributed by atoms with Crippen LogP contribution in [0.2, 0.25) is 0 Å². The van der Waals surface area contributed by atoms with Crippen molar-refractivity contribution in [1.82, 2.24) is 0 Å². The van der Waals surface area contributed by atoms with Crippen molar-refractivity contribution in [2.75, 3.05) is 0 Å². The first-order valence-corrected chi connectivity index (χ1v) is 11.5. The minimum Gasteiger partial charge on any atom is -0.0651 e. The SMILES string of the molecule is CCCc1ccc2c(c1-c1cc(C(C)C)cc(C(C)C)c1)C=C(c1ccccc1)C2. The topological polar surface area (TPSA) is 0 Å². The number of hydrogen-bond acceptors (Lipinski definition) is 0. The Balaban J connectivity index is 1.93. The van der Waals surface area contributed by atoms with E-state index in [1.54, 1.807) is 0 Å². The fourth-order valence-electron chi connectivity index (χ4n) is 4.60. The van der Waals surface area contributed by atoms with Crippen LogP contribution in [0.4, 0.5) is 0 Å². The highest BCUT2D eigenvalue weighted by Crippen LogP contribution is 2.41. The van der Waals surface area contributed by atoms with Crippen LogP contribution in [0, 0.1) is 0 Å². The quantitative estimate of drug-likeness (QED) is 0.392. The molecule has 30 heavy (non-hydrogen) atoms. The summed E-state index contributed by atoms with van der Waals surface area (Å²) in [6.45, 7) is 11.5. The molecule has 0 saturated heterocycles. The van der Waals surface area contributed by atoms with E-state index >= 15 is 0 Å². The van der Waals surface area contributed by atoms with E-state index < -0.39 is 0 Å². The van der Waals surface area contributed by atoms with E-state index in [4.69, 9.17) is 0 Å². The molecule has 4 rings (SSSR count). The molecule has 0 atom stereocenters. The van der Waals surface area contributed by atoms with Gasteiger partial charge in [-0.3, -0.25) is 0 Å². The van der Waals surface area contributed by atoms with Crippen LogP contribution in [0.15, 0.2) is 60.7 Å². The number of rotatable bonds is 6. The average molecular weight is 395 g/mol. The van der Waals surface area contributed by atoms with Gasteiger partial charge in [0.15, 0.2) is 0 Å². The third-order valence-corrected chi connectivity index (χ3v) is 6.39. The molecule has 0 aromatic heterocycles. The number of aryl methyl sites for hydroxylation is 1. The molecule has 0 fully saturated rings. The Hall–Kier alpha value is -2.60. The highest BCUT2D eigenvalue weighted by molar-refractivity contribution is 5.95. The Morgan fingerprint density at radius 1 is 0.767 bits per heavy atom. The Morgan fingerprint density at radius 2 is 1.43 bits per heavy atom. The highest BCUT2D eigenvalue weighted by Gasteiger charge is 2.21. The lowest BCUT2D eigenvalue weighted by atomic mass is 9.86. The van der Waals surface area contributed by atoms with Crippen molar-refractivity contribution < 1.29 is 0 Å². The van der Waals surface area contributed by atoms with E-state index in [0.717, 1.165) is 12.8 Å². The standard InChI is InChI=1S/C30H34/c1-6-10-23-13-14-24-15-27(22-11-8-7-9-12-22)19-29(24)30(23)28-17-25(20(2)3)16-26(18-28)21(4)5/h7-9,11-14,16-21H,6,10,15H2,1-5H3. The van der Waals surface area contributed by atoms with Gasteiger partial charge in [-0.25, -0.2) is 0 Å². The molecule has 3 aromatic rings. The molecule has 0 bridgehead atoms. The molecule has 0 N–H and O–H groups in total. The van der Waals surface area contributed by atoms with E-state index in [9.17, 15) is 0 Å². The lowest BCUT2D eigenvalue weighted by Gasteiger charge is -2.19. The maximum atomic E-state index is 2.45. The van der Waals surface area contributed by atoms with Crippen LogP contribution in [-0.2, 0) is 12.8 Å². The predicted octanol–water partition coefficient (Wildman–Crippen LogP) is 8.65. The second-order valence-corrected chi connectivity index (χ2v) is 9.33. The fraction of sp³-hybridized carbons (Fsp3) is 0.333. The summed E-state index contributed by atoms with van der Waals surface area (Å²) >= 11 is 0. The van der Waals surface area contributed by atoms with Crippen molar-refractivity contribution >= 4 is 11.6 Å². The lowest BCUT2D eigenvalue weighted by molar-refractivity contribution is 0.834. The van der Waals surface area contributed by atoms with Gasteiger partial charge < -0.3 is 0 Å². The van der Waals surface area contributed by atoms with Crippen LogP contribution in [0.5, 0.6) is 0 Å². The van der Waals surface area contributed by atoms with Gasteiger partial charge in [0.05, 0.1) is 0 Å². The molecule has 0 radical (unpaired) electrons. The molecule has 0 heterocycles. The van der Waals surface area contributed by atoms with E-state index in [1.807, 2.05) is 0 Å². The molecule has 1 aliphatic rings. The highest BCUT2D eigenvalue weighted by atomic mass is 14.3. The Bertz CT molecular complexity index is 1040. The molecule has 0 heteroatoms. The Kier molecular flexibility index (Phi) is 5.95. The normalized spacial score (nSPS) is 13.1. The number of fused-ring (bicyclic) bond motifs is 1. The fourth-order valence-corrected chi connectivity index (χ4v) is 4.60. The number of benzene rings is 3. The molecule has 1 aliphatic carbocycles. The first-order valence-electron chi connectivity index (χ1n) is 11.5. The van der Waals surface area contributed by atoms with Gasteiger partial charge in [0.1, 0.15) is 0 Å². The number of allylic oxidation sites excluding steroid dienone is 1. The van der Waals surface area contributed by atoms with Gasteiger partial charge in [-0.2, -0.15) is 0 Å². The van der Waals surface area contributed by atoms with Crippen LogP contribution in [0.25, 0.3) is 22.8 Å². The third-order valence-electron chi connectivity index (χ3n) is 6.39. The summed E-state index contributed by atoms with van der Waals surface area (Å²) in [4.78, 5) is 0. The summed E-state index contributed by atoms with van der Waals surface area (Å²) in [5.74, 6) is 1.06. The van der Waals surface area contributed by atoms with Gasteiger partial charge in [-0.1, -0.05) is 102 Å². The molecule has 0 amide bonds. The van der Waals surface area contributed by atoms with Crippen molar-refractivity contribution in [2.45, 2.75) is 65.7 Å². The summed E-state index contributed by atoms with van der Waals surface area (Å²) in [5.41, 5.74) is 12.9. The smallest absolute Gasteiger partial charge is 0.00134 e. The second-order valence-electron chi connectivity index (χ2n) is 9.33. The van der Waals surface area contributed by atoms with Gasteiger partial charge in [-0.05, 0) is 80.8 Å². The second kappa shape index (κ2) is 8.64. The van der Waals surface area contributed by atoms with E-state index in [0.29, 0.717) is 11.8 Å². The first-order chi connectivity index (χ1) is 14.5. The molecular formula is C30H34. The van der Waals surface area contributed by atoms with E-state index in [1.165, 1.54) is 56.5 Å². The third kappa shape index (κ3) is 4.01. The molecule has 3 aromatic carbocycles. The van der Waals surface area contributed by atoms with E-state index in [2.05, 4.69) is 101 Å². The van der Waals surface area contributed by atoms with Crippen molar-refractivity contribution in [3.05, 3.63) is 94.0 Å². The van der Waals surface area contributed by atoms with Crippen molar-refractivity contribution in [2.24, 2.45) is 0 Å². The van der Waals surface area contributed by atoms with Crippen LogP contribution < -0.4 is 0 Å². The van der Waals surface area contributed by atoms with Gasteiger partial charge >= 0.3 is 0 Å². The monoisotopic (exact) mass is 394 g/mol. The summed E-state index contributed by atoms with van der Waals surface area (Å²) < 4.78 is 0. The van der Waals surface area contributed by atoms with Gasteiger partial charge in [0.2, 0.25) is 0 Å². The lowest BCUT2D eigenvalue weighted by Crippen LogP contribution is -1.99. The largest absolute Gasteiger partial charge is 0.0651 e. The maximum Gasteiger partial charge on any atom is -0.00134 e. The maximum absolute atomic E-state index is 2.45. The van der Waals surface area contributed by atoms with Crippen molar-refractivity contribution in [3.8, 4) is 11.1 Å². The molecule has 0 nitrogen and oxygen atoms in total. The molecule has 154 valence electrons. The molecule has 0 aliphatic heterocycles. The van der Waals surface area contributed by atoms with Crippen LogP contribution in [-0.4, -0.2) is 0 Å². The zero-order chi connectivity index (χ0) is 21.3. The Morgan fingerprint density at radius 3 is 2.03 bits per heavy atom. The van der Waals surface area contributed by atoms with Crippen LogP contribution in [0.3, 0.4) is 0 Å².